The quantitative estimate of drug-likeness (QED) is 0.213. The Bertz CT molecular complexity index is 619. The van der Waals surface area contributed by atoms with E-state index in [2.05, 4.69) is 88.4 Å². The lowest BCUT2D eigenvalue weighted by atomic mass is 9.98. The number of hydrogen-bond acceptors (Lipinski definition) is 2. The van der Waals surface area contributed by atoms with Gasteiger partial charge in [-0.05, 0) is 47.9 Å². The Morgan fingerprint density at radius 1 is 0.581 bits per heavy atom. The molecule has 0 aliphatic heterocycles. The van der Waals surface area contributed by atoms with Crippen molar-refractivity contribution in [1.29, 1.82) is 0 Å². The van der Waals surface area contributed by atoms with Gasteiger partial charge in [0.15, 0.2) is 0 Å². The van der Waals surface area contributed by atoms with E-state index in [-0.39, 0.29) is 0 Å². The van der Waals surface area contributed by atoms with Crippen LogP contribution in [0.4, 0.5) is 0 Å². The summed E-state index contributed by atoms with van der Waals surface area (Å²) in [4.78, 5) is 0. The van der Waals surface area contributed by atoms with Crippen molar-refractivity contribution in [3.8, 4) is 0 Å². The lowest BCUT2D eigenvalue weighted by molar-refractivity contribution is 0.178. The molecule has 0 spiro atoms. The van der Waals surface area contributed by atoms with Crippen LogP contribution in [-0.4, -0.2) is 21.8 Å². The largest absolute Gasteiger partial charge is 0.407 e. The van der Waals surface area contributed by atoms with Crippen LogP contribution in [0.25, 0.3) is 0 Å². The van der Waals surface area contributed by atoms with E-state index in [1.807, 2.05) is 0 Å². The summed E-state index contributed by atoms with van der Waals surface area (Å²) in [5.74, 6) is 1.60. The monoisotopic (exact) mass is 440 g/mol. The van der Waals surface area contributed by atoms with Crippen molar-refractivity contribution >= 4 is 18.9 Å². The molecule has 2 aromatic rings. The highest BCUT2D eigenvalue weighted by atomic mass is 28.4. The van der Waals surface area contributed by atoms with Crippen molar-refractivity contribution in [2.75, 3.05) is 13.2 Å². The van der Waals surface area contributed by atoms with E-state index in [9.17, 15) is 0 Å². The van der Waals surface area contributed by atoms with Gasteiger partial charge in [-0.2, -0.15) is 0 Å². The smallest absolute Gasteiger partial charge is 0.388 e. The van der Waals surface area contributed by atoms with Gasteiger partial charge in [0.1, 0.15) is 0 Å². The fourth-order valence-corrected chi connectivity index (χ4v) is 7.64. The van der Waals surface area contributed by atoms with Crippen LogP contribution >= 0.6 is 0 Å². The molecule has 172 valence electrons. The van der Waals surface area contributed by atoms with Crippen LogP contribution in [0.1, 0.15) is 79.1 Å². The summed E-state index contributed by atoms with van der Waals surface area (Å²) < 4.78 is 13.6. The van der Waals surface area contributed by atoms with Crippen LogP contribution < -0.4 is 10.4 Å². The summed E-state index contributed by atoms with van der Waals surface area (Å²) in [6.07, 6.45) is 9.67. The van der Waals surface area contributed by atoms with Crippen LogP contribution in [0, 0.1) is 11.8 Å². The third kappa shape index (κ3) is 7.89. The molecule has 0 heterocycles. The summed E-state index contributed by atoms with van der Waals surface area (Å²) in [5, 5.41) is 2.43. The Morgan fingerprint density at radius 2 is 0.935 bits per heavy atom. The first-order valence-corrected chi connectivity index (χ1v) is 14.4. The Hall–Kier alpha value is -1.42. The maximum Gasteiger partial charge on any atom is 0.407 e. The van der Waals surface area contributed by atoms with Crippen LogP contribution in [0.3, 0.4) is 0 Å². The van der Waals surface area contributed by atoms with E-state index in [0.717, 1.165) is 37.9 Å². The third-order valence-electron chi connectivity index (χ3n) is 6.74. The zero-order chi connectivity index (χ0) is 22.4. The number of hydrogen-bond donors (Lipinski definition) is 0. The molecule has 2 rings (SSSR count). The zero-order valence-electron chi connectivity index (χ0n) is 20.3. The first kappa shape index (κ1) is 25.8. The molecule has 0 aromatic heterocycles. The van der Waals surface area contributed by atoms with Crippen LogP contribution in [0.2, 0.25) is 0 Å². The highest BCUT2D eigenvalue weighted by Crippen LogP contribution is 2.19. The summed E-state index contributed by atoms with van der Waals surface area (Å²) in [5.41, 5.74) is 0. The van der Waals surface area contributed by atoms with Gasteiger partial charge in [0.05, 0.1) is 0 Å². The third-order valence-corrected chi connectivity index (χ3v) is 10.1. The fraction of sp³-hybridized carbons (Fsp3) is 0.571. The molecule has 0 aliphatic carbocycles. The van der Waals surface area contributed by atoms with Gasteiger partial charge >= 0.3 is 8.56 Å². The topological polar surface area (TPSA) is 18.5 Å². The molecule has 2 aromatic carbocycles. The highest BCUT2D eigenvalue weighted by Gasteiger charge is 2.42. The second-order valence-corrected chi connectivity index (χ2v) is 11.7. The van der Waals surface area contributed by atoms with Gasteiger partial charge in [-0.15, -0.1) is 0 Å². The fourth-order valence-electron chi connectivity index (χ4n) is 4.43. The van der Waals surface area contributed by atoms with Gasteiger partial charge in [-0.3, -0.25) is 0 Å². The van der Waals surface area contributed by atoms with Gasteiger partial charge < -0.3 is 8.85 Å². The lowest BCUT2D eigenvalue weighted by Crippen LogP contribution is -2.63. The second kappa shape index (κ2) is 14.6. The molecule has 2 nitrogen and oxygen atoms in total. The summed E-state index contributed by atoms with van der Waals surface area (Å²) in [6.45, 7) is 10.7. The van der Waals surface area contributed by atoms with Gasteiger partial charge in [0, 0.05) is 13.2 Å². The first-order valence-electron chi connectivity index (χ1n) is 12.6. The number of benzene rings is 2. The predicted molar refractivity (Wildman–Crippen MR) is 136 cm³/mol. The van der Waals surface area contributed by atoms with E-state index >= 15 is 0 Å². The van der Waals surface area contributed by atoms with Gasteiger partial charge in [-0.1, -0.05) is 114 Å². The van der Waals surface area contributed by atoms with E-state index in [0.29, 0.717) is 0 Å². The average molecular weight is 441 g/mol. The molecule has 0 bridgehead atoms. The zero-order valence-corrected chi connectivity index (χ0v) is 21.3. The summed E-state index contributed by atoms with van der Waals surface area (Å²) in [7, 11) is -2.73. The van der Waals surface area contributed by atoms with Crippen molar-refractivity contribution in [1.82, 2.24) is 0 Å². The SMILES string of the molecule is CCC(CC)CCCO[Si](OCCCC(CC)CC)(c1ccccc1)c1ccccc1. The van der Waals surface area contributed by atoms with Crippen molar-refractivity contribution in [3.63, 3.8) is 0 Å². The minimum Gasteiger partial charge on any atom is -0.388 e. The Balaban J connectivity index is 2.20. The molecule has 0 N–H and O–H groups in total. The van der Waals surface area contributed by atoms with Crippen molar-refractivity contribution in [2.24, 2.45) is 11.8 Å². The molecular formula is C28H44O2Si. The standard InChI is InChI=1S/C28H44O2Si/c1-5-25(6-2)17-15-23-29-31(27-19-11-9-12-20-27,28-21-13-10-14-22-28)30-24-16-18-26(7-3)8-4/h9-14,19-22,25-26H,5-8,15-18,23-24H2,1-4H3. The number of rotatable bonds is 16. The Labute approximate surface area is 192 Å². The molecule has 0 saturated carbocycles. The Kier molecular flexibility index (Phi) is 12.2. The molecular weight excluding hydrogens is 396 g/mol. The minimum atomic E-state index is -2.73. The average Bonchev–Trinajstić information content (AvgIpc) is 2.84. The van der Waals surface area contributed by atoms with E-state index < -0.39 is 8.56 Å². The second-order valence-electron chi connectivity index (χ2n) is 8.70. The molecule has 0 unspecified atom stereocenters. The molecule has 0 amide bonds. The van der Waals surface area contributed by atoms with Crippen LogP contribution in [0.15, 0.2) is 60.7 Å². The van der Waals surface area contributed by atoms with E-state index in [1.54, 1.807) is 0 Å². The van der Waals surface area contributed by atoms with Crippen molar-refractivity contribution in [2.45, 2.75) is 79.1 Å². The molecule has 0 radical (unpaired) electrons. The predicted octanol–water partition coefficient (Wildman–Crippen LogP) is 6.71. The molecule has 0 saturated heterocycles. The maximum atomic E-state index is 6.82. The molecule has 31 heavy (non-hydrogen) atoms. The molecule has 0 fully saturated rings. The molecule has 0 aliphatic rings. The molecule has 0 atom stereocenters. The van der Waals surface area contributed by atoms with Gasteiger partial charge in [0.25, 0.3) is 0 Å². The van der Waals surface area contributed by atoms with E-state index in [1.165, 1.54) is 48.9 Å². The Morgan fingerprint density at radius 3 is 1.26 bits per heavy atom. The highest BCUT2D eigenvalue weighted by molar-refractivity contribution is 6.92. The van der Waals surface area contributed by atoms with Crippen LogP contribution in [0.5, 0.6) is 0 Å². The minimum absolute atomic E-state index is 0.763. The lowest BCUT2D eigenvalue weighted by Gasteiger charge is -2.32. The van der Waals surface area contributed by atoms with Crippen molar-refractivity contribution in [3.05, 3.63) is 60.7 Å². The van der Waals surface area contributed by atoms with E-state index in [4.69, 9.17) is 8.85 Å². The van der Waals surface area contributed by atoms with Crippen molar-refractivity contribution < 1.29 is 8.85 Å². The molecule has 3 heteroatoms. The summed E-state index contributed by atoms with van der Waals surface area (Å²) in [6, 6.07) is 21.4. The van der Waals surface area contributed by atoms with Crippen LogP contribution in [-0.2, 0) is 8.85 Å². The summed E-state index contributed by atoms with van der Waals surface area (Å²) >= 11 is 0. The first-order chi connectivity index (χ1) is 15.2. The normalized spacial score (nSPS) is 12.1. The maximum absolute atomic E-state index is 6.82. The van der Waals surface area contributed by atoms with Gasteiger partial charge in [0.2, 0.25) is 0 Å². The van der Waals surface area contributed by atoms with Gasteiger partial charge in [-0.25, -0.2) is 0 Å².